The minimum Gasteiger partial charge on any atom is -0.337 e. The van der Waals surface area contributed by atoms with Gasteiger partial charge in [0.1, 0.15) is 0 Å². The molecule has 28 heavy (non-hydrogen) atoms. The van der Waals surface area contributed by atoms with Gasteiger partial charge in [0.05, 0.1) is 16.9 Å². The standard InChI is InChI=1S/C26H28N2/c1-17(2)22-8-6-7-21-13-14-23(27-26(21)22)25-16-15-24(28(25)18(3)4)20-11-9-19(5)10-12-20/h6-18H,1-5H3. The van der Waals surface area contributed by atoms with Crippen LogP contribution < -0.4 is 0 Å². The van der Waals surface area contributed by atoms with Gasteiger partial charge in [-0.05, 0) is 56.0 Å². The Bertz CT molecular complexity index is 1120. The molecular formula is C26H28N2. The van der Waals surface area contributed by atoms with Crippen LogP contribution in [0, 0.1) is 6.92 Å². The second-order valence-electron chi connectivity index (χ2n) is 8.20. The predicted molar refractivity (Wildman–Crippen MR) is 120 cm³/mol. The number of aryl methyl sites for hydroxylation is 1. The molecule has 142 valence electrons. The number of rotatable bonds is 4. The van der Waals surface area contributed by atoms with Crippen LogP contribution >= 0.6 is 0 Å². The van der Waals surface area contributed by atoms with Crippen molar-refractivity contribution < 1.29 is 0 Å². The van der Waals surface area contributed by atoms with E-state index >= 15 is 0 Å². The fraction of sp³-hybridized carbons (Fsp3) is 0.269. The average Bonchev–Trinajstić information content (AvgIpc) is 3.13. The summed E-state index contributed by atoms with van der Waals surface area (Å²) in [4.78, 5) is 5.11. The monoisotopic (exact) mass is 368 g/mol. The van der Waals surface area contributed by atoms with E-state index in [1.807, 2.05) is 0 Å². The highest BCUT2D eigenvalue weighted by Gasteiger charge is 2.16. The fourth-order valence-corrected chi connectivity index (χ4v) is 3.95. The molecule has 0 aliphatic heterocycles. The lowest BCUT2D eigenvalue weighted by Crippen LogP contribution is -2.05. The molecule has 0 atom stereocenters. The van der Waals surface area contributed by atoms with Gasteiger partial charge in [0.2, 0.25) is 0 Å². The van der Waals surface area contributed by atoms with E-state index in [0.717, 1.165) is 11.2 Å². The van der Waals surface area contributed by atoms with Crippen LogP contribution in [-0.4, -0.2) is 9.55 Å². The Hall–Kier alpha value is -2.87. The van der Waals surface area contributed by atoms with E-state index < -0.39 is 0 Å². The molecule has 2 aromatic carbocycles. The maximum atomic E-state index is 5.11. The Morgan fingerprint density at radius 1 is 0.750 bits per heavy atom. The molecule has 0 N–H and O–H groups in total. The number of aromatic nitrogens is 2. The minimum absolute atomic E-state index is 0.346. The molecule has 0 unspecified atom stereocenters. The molecule has 2 heteroatoms. The van der Waals surface area contributed by atoms with Crippen LogP contribution in [0.15, 0.2) is 66.7 Å². The van der Waals surface area contributed by atoms with E-state index in [2.05, 4.69) is 106 Å². The number of fused-ring (bicyclic) bond motifs is 1. The van der Waals surface area contributed by atoms with Crippen molar-refractivity contribution >= 4 is 10.9 Å². The zero-order chi connectivity index (χ0) is 19.8. The van der Waals surface area contributed by atoms with Crippen LogP contribution in [0.2, 0.25) is 0 Å². The molecule has 0 amide bonds. The second-order valence-corrected chi connectivity index (χ2v) is 8.20. The van der Waals surface area contributed by atoms with Gasteiger partial charge in [-0.15, -0.1) is 0 Å². The highest BCUT2D eigenvalue weighted by molar-refractivity contribution is 5.85. The van der Waals surface area contributed by atoms with Gasteiger partial charge >= 0.3 is 0 Å². The van der Waals surface area contributed by atoms with Crippen molar-refractivity contribution in [1.82, 2.24) is 9.55 Å². The van der Waals surface area contributed by atoms with E-state index in [1.54, 1.807) is 0 Å². The fourth-order valence-electron chi connectivity index (χ4n) is 3.95. The largest absolute Gasteiger partial charge is 0.337 e. The number of pyridine rings is 1. The van der Waals surface area contributed by atoms with Gasteiger partial charge in [0.15, 0.2) is 0 Å². The van der Waals surface area contributed by atoms with Crippen molar-refractivity contribution in [3.8, 4) is 22.6 Å². The van der Waals surface area contributed by atoms with Gasteiger partial charge < -0.3 is 4.57 Å². The van der Waals surface area contributed by atoms with E-state index in [1.165, 1.54) is 33.5 Å². The Kier molecular flexibility index (Phi) is 4.80. The topological polar surface area (TPSA) is 17.8 Å². The maximum Gasteiger partial charge on any atom is 0.0874 e. The van der Waals surface area contributed by atoms with Gasteiger partial charge in [-0.1, -0.05) is 67.9 Å². The van der Waals surface area contributed by atoms with Crippen LogP contribution in [0.5, 0.6) is 0 Å². The molecule has 0 spiro atoms. The van der Waals surface area contributed by atoms with Crippen molar-refractivity contribution in [3.63, 3.8) is 0 Å². The molecule has 2 heterocycles. The summed E-state index contributed by atoms with van der Waals surface area (Å²) in [5.41, 5.74) is 8.39. The average molecular weight is 369 g/mol. The van der Waals surface area contributed by atoms with Gasteiger partial charge in [0.25, 0.3) is 0 Å². The normalized spacial score (nSPS) is 11.7. The summed E-state index contributed by atoms with van der Waals surface area (Å²) in [6, 6.07) is 24.4. The van der Waals surface area contributed by atoms with Gasteiger partial charge in [-0.2, -0.15) is 0 Å². The number of benzene rings is 2. The summed E-state index contributed by atoms with van der Waals surface area (Å²) in [5, 5.41) is 1.20. The van der Waals surface area contributed by atoms with Gasteiger partial charge in [-0.25, -0.2) is 4.98 Å². The van der Waals surface area contributed by atoms with Crippen molar-refractivity contribution in [2.75, 3.05) is 0 Å². The molecular weight excluding hydrogens is 340 g/mol. The lowest BCUT2D eigenvalue weighted by atomic mass is 9.99. The Balaban J connectivity index is 1.90. The van der Waals surface area contributed by atoms with Crippen molar-refractivity contribution in [2.24, 2.45) is 0 Å². The molecule has 0 saturated carbocycles. The van der Waals surface area contributed by atoms with Crippen molar-refractivity contribution in [1.29, 1.82) is 0 Å². The smallest absolute Gasteiger partial charge is 0.0874 e. The number of para-hydroxylation sites is 1. The molecule has 0 aliphatic carbocycles. The molecule has 0 fully saturated rings. The third-order valence-electron chi connectivity index (χ3n) is 5.42. The van der Waals surface area contributed by atoms with E-state index in [4.69, 9.17) is 4.98 Å². The number of hydrogen-bond acceptors (Lipinski definition) is 1. The molecule has 0 bridgehead atoms. The first-order chi connectivity index (χ1) is 13.5. The predicted octanol–water partition coefficient (Wildman–Crippen LogP) is 7.38. The van der Waals surface area contributed by atoms with Gasteiger partial charge in [0, 0.05) is 17.1 Å². The summed E-state index contributed by atoms with van der Waals surface area (Å²) in [6.07, 6.45) is 0. The summed E-state index contributed by atoms with van der Waals surface area (Å²) >= 11 is 0. The third kappa shape index (κ3) is 3.24. The van der Waals surface area contributed by atoms with Crippen molar-refractivity contribution in [2.45, 2.75) is 46.6 Å². The molecule has 2 nitrogen and oxygen atoms in total. The minimum atomic E-state index is 0.346. The Morgan fingerprint density at radius 3 is 2.14 bits per heavy atom. The lowest BCUT2D eigenvalue weighted by Gasteiger charge is -2.18. The van der Waals surface area contributed by atoms with Crippen molar-refractivity contribution in [3.05, 3.63) is 77.9 Å². The molecule has 0 radical (unpaired) electrons. The van der Waals surface area contributed by atoms with Crippen LogP contribution in [0.3, 0.4) is 0 Å². The van der Waals surface area contributed by atoms with Crippen LogP contribution in [0.1, 0.15) is 50.8 Å². The summed E-state index contributed by atoms with van der Waals surface area (Å²) in [5.74, 6) is 0.450. The highest BCUT2D eigenvalue weighted by atomic mass is 15.0. The zero-order valence-electron chi connectivity index (χ0n) is 17.4. The summed E-state index contributed by atoms with van der Waals surface area (Å²) in [6.45, 7) is 11.1. The summed E-state index contributed by atoms with van der Waals surface area (Å²) in [7, 11) is 0. The van der Waals surface area contributed by atoms with Gasteiger partial charge in [-0.3, -0.25) is 0 Å². The molecule has 4 rings (SSSR count). The lowest BCUT2D eigenvalue weighted by molar-refractivity contribution is 0.615. The van der Waals surface area contributed by atoms with Crippen LogP contribution in [-0.2, 0) is 0 Å². The first-order valence-electron chi connectivity index (χ1n) is 10.1. The third-order valence-corrected chi connectivity index (χ3v) is 5.42. The quantitative estimate of drug-likeness (QED) is 0.367. The molecule has 0 aliphatic rings. The molecule has 4 aromatic rings. The summed E-state index contributed by atoms with van der Waals surface area (Å²) < 4.78 is 2.40. The van der Waals surface area contributed by atoms with Crippen LogP contribution in [0.25, 0.3) is 33.5 Å². The molecule has 0 saturated heterocycles. The SMILES string of the molecule is Cc1ccc(-c2ccc(-c3ccc4cccc(C(C)C)c4n3)n2C(C)C)cc1. The molecule has 2 aromatic heterocycles. The first-order valence-corrected chi connectivity index (χ1v) is 10.1. The van der Waals surface area contributed by atoms with E-state index in [-0.39, 0.29) is 0 Å². The first kappa shape index (κ1) is 18.5. The number of hydrogen-bond donors (Lipinski definition) is 0. The second kappa shape index (κ2) is 7.27. The van der Waals surface area contributed by atoms with Crippen LogP contribution in [0.4, 0.5) is 0 Å². The van der Waals surface area contributed by atoms with E-state index in [0.29, 0.717) is 12.0 Å². The maximum absolute atomic E-state index is 5.11. The highest BCUT2D eigenvalue weighted by Crippen LogP contribution is 2.33. The van der Waals surface area contributed by atoms with E-state index in [9.17, 15) is 0 Å². The Labute approximate surface area is 167 Å². The number of nitrogens with zero attached hydrogens (tertiary/aromatic N) is 2. The Morgan fingerprint density at radius 2 is 1.46 bits per heavy atom. The zero-order valence-corrected chi connectivity index (χ0v) is 17.4.